The number of aromatic nitrogens is 1. The maximum atomic E-state index is 12.3. The van der Waals surface area contributed by atoms with Gasteiger partial charge in [-0.2, -0.15) is 0 Å². The topological polar surface area (TPSA) is 109 Å². The molecule has 0 aliphatic carbocycles. The molecule has 9 nitrogen and oxygen atoms in total. The van der Waals surface area contributed by atoms with Crippen LogP contribution < -0.4 is 26.0 Å². The third kappa shape index (κ3) is 7.41. The summed E-state index contributed by atoms with van der Waals surface area (Å²) >= 11 is 6.05. The van der Waals surface area contributed by atoms with Crippen molar-refractivity contribution < 1.29 is 14.3 Å². The monoisotopic (exact) mass is 458 g/mol. The number of rotatable bonds is 8. The molecule has 1 fully saturated rings. The van der Waals surface area contributed by atoms with Crippen LogP contribution in [0.4, 0.5) is 22.0 Å². The number of carbonyl (C=O) groups excluding carboxylic acids is 2. The molecule has 170 valence electrons. The van der Waals surface area contributed by atoms with Gasteiger partial charge in [0.2, 0.25) is 11.6 Å². The molecule has 32 heavy (non-hydrogen) atoms. The van der Waals surface area contributed by atoms with Crippen molar-refractivity contribution in [3.05, 3.63) is 53.0 Å². The van der Waals surface area contributed by atoms with Gasteiger partial charge in [-0.1, -0.05) is 25.1 Å². The van der Waals surface area contributed by atoms with Gasteiger partial charge in [0.15, 0.2) is 0 Å². The van der Waals surface area contributed by atoms with Crippen LogP contribution in [-0.2, 0) is 4.79 Å². The summed E-state index contributed by atoms with van der Waals surface area (Å²) < 4.78 is 5.76. The second kappa shape index (κ2) is 12.5. The number of anilines is 2. The van der Waals surface area contributed by atoms with Crippen molar-refractivity contribution >= 4 is 40.7 Å². The summed E-state index contributed by atoms with van der Waals surface area (Å²) in [7, 11) is 0. The third-order valence-corrected chi connectivity index (χ3v) is 4.80. The molecule has 1 unspecified atom stereocenters. The fourth-order valence-corrected chi connectivity index (χ4v) is 3.19. The van der Waals surface area contributed by atoms with Crippen molar-refractivity contribution in [3.8, 4) is 5.75 Å². The van der Waals surface area contributed by atoms with Crippen LogP contribution in [0, 0.1) is 6.57 Å². The molecule has 10 heteroatoms. The number of halogens is 1. The maximum absolute atomic E-state index is 12.3. The number of pyridine rings is 1. The summed E-state index contributed by atoms with van der Waals surface area (Å²) in [4.78, 5) is 31.5. The normalized spacial score (nSPS) is 14.6. The third-order valence-electron chi connectivity index (χ3n) is 4.56. The Balaban J connectivity index is 0.00000363. The van der Waals surface area contributed by atoms with Crippen LogP contribution in [0.3, 0.4) is 0 Å². The number of carbonyl (C=O) groups is 2. The van der Waals surface area contributed by atoms with Gasteiger partial charge in [0, 0.05) is 17.8 Å². The molecule has 4 N–H and O–H groups in total. The lowest BCUT2D eigenvalue weighted by Crippen LogP contribution is -2.40. The average Bonchev–Trinajstić information content (AvgIpc) is 3.30. The molecule has 0 bridgehead atoms. The maximum Gasteiger partial charge on any atom is 0.324 e. The first-order valence-corrected chi connectivity index (χ1v) is 10.3. The molecule has 1 aromatic carbocycles. The van der Waals surface area contributed by atoms with Crippen LogP contribution in [-0.4, -0.2) is 42.7 Å². The van der Waals surface area contributed by atoms with E-state index >= 15 is 0 Å². The number of hydrogen-bond acceptors (Lipinski definition) is 5. The van der Waals surface area contributed by atoms with E-state index in [0.717, 1.165) is 19.4 Å². The van der Waals surface area contributed by atoms with E-state index in [4.69, 9.17) is 22.9 Å². The number of amides is 3. The molecule has 1 atom stereocenters. The van der Waals surface area contributed by atoms with Crippen molar-refractivity contribution in [2.45, 2.75) is 32.7 Å². The first-order chi connectivity index (χ1) is 15.0. The SMILES string of the molecule is C.[C-]#[N+]c1ccc(NC(=O)Nc2cc(Cl)ccc2OCCCNC(=O)C2CCCN2)nc1. The Morgan fingerprint density at radius 2 is 2.12 bits per heavy atom. The molecular weight excluding hydrogens is 432 g/mol. The summed E-state index contributed by atoms with van der Waals surface area (Å²) in [5, 5.41) is 11.8. The van der Waals surface area contributed by atoms with Crippen LogP contribution in [0.15, 0.2) is 36.5 Å². The zero-order chi connectivity index (χ0) is 22.1. The van der Waals surface area contributed by atoms with Crippen molar-refractivity contribution in [2.24, 2.45) is 0 Å². The highest BCUT2D eigenvalue weighted by atomic mass is 35.5. The first-order valence-electron chi connectivity index (χ1n) is 9.90. The standard InChI is InChI=1S/C21H23ClN6O3.CH4/c1-23-15-6-8-19(26-13-15)28-21(30)27-17-12-14(22)5-7-18(17)31-11-3-10-25-20(29)16-4-2-9-24-16;/h5-8,12-13,16,24H,2-4,9-11H2,(H,25,29)(H2,26,27,28,30);1H4. The van der Waals surface area contributed by atoms with E-state index in [9.17, 15) is 9.59 Å². The predicted octanol–water partition coefficient (Wildman–Crippen LogP) is 4.20. The molecule has 1 aromatic heterocycles. The van der Waals surface area contributed by atoms with E-state index in [1.807, 2.05) is 0 Å². The minimum absolute atomic E-state index is 0. The number of nitrogens with one attached hydrogen (secondary N) is 4. The fraction of sp³-hybridized carbons (Fsp3) is 0.364. The van der Waals surface area contributed by atoms with E-state index < -0.39 is 6.03 Å². The Kier molecular flexibility index (Phi) is 9.73. The molecule has 2 heterocycles. The number of ether oxygens (including phenoxy) is 1. The summed E-state index contributed by atoms with van der Waals surface area (Å²) in [6, 6.07) is 7.40. The van der Waals surface area contributed by atoms with Crippen molar-refractivity contribution in [2.75, 3.05) is 30.3 Å². The van der Waals surface area contributed by atoms with Crippen molar-refractivity contribution in [1.82, 2.24) is 15.6 Å². The second-order valence-electron chi connectivity index (χ2n) is 6.88. The van der Waals surface area contributed by atoms with Crippen LogP contribution in [0.2, 0.25) is 5.02 Å². The molecule has 3 rings (SSSR count). The van der Waals surface area contributed by atoms with Crippen LogP contribution in [0.1, 0.15) is 26.7 Å². The van der Waals surface area contributed by atoms with E-state index in [1.54, 1.807) is 24.3 Å². The Labute approximate surface area is 192 Å². The van der Waals surface area contributed by atoms with Gasteiger partial charge < -0.3 is 20.7 Å². The van der Waals surface area contributed by atoms with E-state index in [-0.39, 0.29) is 19.4 Å². The highest BCUT2D eigenvalue weighted by molar-refractivity contribution is 6.31. The highest BCUT2D eigenvalue weighted by Gasteiger charge is 2.21. The zero-order valence-electron chi connectivity index (χ0n) is 16.8. The van der Waals surface area contributed by atoms with Crippen molar-refractivity contribution in [3.63, 3.8) is 0 Å². The summed E-state index contributed by atoms with van der Waals surface area (Å²) in [6.45, 7) is 8.66. The average molecular weight is 459 g/mol. The summed E-state index contributed by atoms with van der Waals surface area (Å²) in [5.74, 6) is 0.780. The molecule has 1 aliphatic heterocycles. The Morgan fingerprint density at radius 1 is 1.28 bits per heavy atom. The van der Waals surface area contributed by atoms with Crippen LogP contribution >= 0.6 is 11.6 Å². The number of benzene rings is 1. The lowest BCUT2D eigenvalue weighted by Gasteiger charge is -2.14. The lowest BCUT2D eigenvalue weighted by molar-refractivity contribution is -0.122. The molecular formula is C22H27ClN6O3. The molecule has 0 radical (unpaired) electrons. The summed E-state index contributed by atoms with van der Waals surface area (Å²) in [5.41, 5.74) is 0.786. The van der Waals surface area contributed by atoms with E-state index in [0.29, 0.717) is 47.5 Å². The predicted molar refractivity (Wildman–Crippen MR) is 125 cm³/mol. The van der Waals surface area contributed by atoms with Gasteiger partial charge in [0.25, 0.3) is 0 Å². The Bertz CT molecular complexity index is 955. The second-order valence-corrected chi connectivity index (χ2v) is 7.31. The minimum atomic E-state index is -0.522. The van der Waals surface area contributed by atoms with Gasteiger partial charge in [-0.05, 0) is 50.1 Å². The van der Waals surface area contributed by atoms with Gasteiger partial charge in [0.1, 0.15) is 11.6 Å². The fourth-order valence-electron chi connectivity index (χ4n) is 3.02. The van der Waals surface area contributed by atoms with E-state index in [1.165, 1.54) is 12.3 Å². The minimum Gasteiger partial charge on any atom is -0.491 e. The molecule has 2 aromatic rings. The molecule has 1 aliphatic rings. The smallest absolute Gasteiger partial charge is 0.324 e. The number of nitrogens with zero attached hydrogens (tertiary/aromatic N) is 2. The van der Waals surface area contributed by atoms with Gasteiger partial charge >= 0.3 is 6.03 Å². The van der Waals surface area contributed by atoms with Crippen LogP contribution in [0.5, 0.6) is 5.75 Å². The highest BCUT2D eigenvalue weighted by Crippen LogP contribution is 2.28. The summed E-state index contributed by atoms with van der Waals surface area (Å²) in [6.07, 6.45) is 3.87. The Morgan fingerprint density at radius 3 is 2.81 bits per heavy atom. The molecule has 1 saturated heterocycles. The van der Waals surface area contributed by atoms with E-state index in [2.05, 4.69) is 31.1 Å². The van der Waals surface area contributed by atoms with Gasteiger partial charge in [-0.15, -0.1) is 0 Å². The van der Waals surface area contributed by atoms with Crippen molar-refractivity contribution in [1.29, 1.82) is 0 Å². The van der Waals surface area contributed by atoms with Crippen LogP contribution in [0.25, 0.3) is 4.85 Å². The molecule has 0 spiro atoms. The lowest BCUT2D eigenvalue weighted by atomic mass is 10.2. The first kappa shape index (κ1) is 24.9. The zero-order valence-corrected chi connectivity index (χ0v) is 17.5. The number of hydrogen-bond donors (Lipinski definition) is 4. The van der Waals surface area contributed by atoms with Gasteiger partial charge in [-0.3, -0.25) is 15.1 Å². The largest absolute Gasteiger partial charge is 0.491 e. The van der Waals surface area contributed by atoms with Gasteiger partial charge in [-0.25, -0.2) is 9.64 Å². The Hall–Kier alpha value is -3.35. The molecule has 0 saturated carbocycles. The molecule has 3 amide bonds. The number of urea groups is 1. The quantitative estimate of drug-likeness (QED) is 0.350. The van der Waals surface area contributed by atoms with Gasteiger partial charge in [0.05, 0.1) is 24.9 Å².